The summed E-state index contributed by atoms with van der Waals surface area (Å²) in [5.74, 6) is -0.444. The molecule has 0 saturated carbocycles. The summed E-state index contributed by atoms with van der Waals surface area (Å²) < 4.78 is 14.8. The van der Waals surface area contributed by atoms with E-state index in [0.29, 0.717) is 28.0 Å². The van der Waals surface area contributed by atoms with E-state index in [1.54, 1.807) is 35.1 Å². The minimum absolute atomic E-state index is 0.221. The number of hydrogen-bond donors (Lipinski definition) is 1. The van der Waals surface area contributed by atoms with Gasteiger partial charge in [-0.3, -0.25) is 4.79 Å². The summed E-state index contributed by atoms with van der Waals surface area (Å²) in [6, 6.07) is 12.3. The molecule has 24 heavy (non-hydrogen) atoms. The summed E-state index contributed by atoms with van der Waals surface area (Å²) in [5, 5.41) is 7.90. The molecule has 0 fully saturated rings. The van der Waals surface area contributed by atoms with Crippen molar-refractivity contribution in [1.29, 1.82) is 0 Å². The average Bonchev–Trinajstić information content (AvgIpc) is 2.98. The Morgan fingerprint density at radius 3 is 2.54 bits per heavy atom. The molecule has 2 aromatic carbocycles. The third-order valence-corrected chi connectivity index (χ3v) is 4.12. The predicted octanol–water partition coefficient (Wildman–Crippen LogP) is 4.63. The molecule has 7 heteroatoms. The van der Waals surface area contributed by atoms with E-state index < -0.39 is 11.7 Å². The van der Waals surface area contributed by atoms with Crippen LogP contribution in [0.3, 0.4) is 0 Å². The largest absolute Gasteiger partial charge is 0.307 e. The molecule has 0 atom stereocenters. The van der Waals surface area contributed by atoms with Crippen LogP contribution < -0.4 is 5.32 Å². The summed E-state index contributed by atoms with van der Waals surface area (Å²) in [5.41, 5.74) is 0.921. The van der Waals surface area contributed by atoms with Gasteiger partial charge in [0.15, 0.2) is 0 Å². The van der Waals surface area contributed by atoms with Gasteiger partial charge in [0.2, 0.25) is 0 Å². The zero-order valence-corrected chi connectivity index (χ0v) is 13.9. The Hall–Kier alpha value is -2.37. The maximum atomic E-state index is 13.2. The molecule has 3 aromatic rings. The lowest BCUT2D eigenvalue weighted by Gasteiger charge is -2.11. The number of rotatable bonds is 4. The smallest absolute Gasteiger partial charge is 0.256 e. The van der Waals surface area contributed by atoms with Gasteiger partial charge in [0.05, 0.1) is 12.7 Å². The summed E-state index contributed by atoms with van der Waals surface area (Å²) in [7, 11) is 0. The second-order valence-electron chi connectivity index (χ2n) is 5.04. The van der Waals surface area contributed by atoms with Crippen molar-refractivity contribution in [3.05, 3.63) is 81.7 Å². The zero-order valence-electron chi connectivity index (χ0n) is 12.3. The Morgan fingerprint density at radius 2 is 1.83 bits per heavy atom. The van der Waals surface area contributed by atoms with Crippen molar-refractivity contribution in [3.63, 3.8) is 0 Å². The van der Waals surface area contributed by atoms with Crippen LogP contribution in [0.4, 0.5) is 10.2 Å². The quantitative estimate of drug-likeness (QED) is 0.734. The monoisotopic (exact) mass is 363 g/mol. The van der Waals surface area contributed by atoms with E-state index in [4.69, 9.17) is 23.2 Å². The standard InChI is InChI=1S/C17H12Cl2FN3O/c18-14-5-2-6-15(19)13(14)10-23-16(7-8-21-23)22-17(24)11-3-1-4-12(20)9-11/h1-9H,10H2,(H,22,24). The number of nitrogens with one attached hydrogen (secondary N) is 1. The molecule has 1 N–H and O–H groups in total. The molecule has 0 unspecified atom stereocenters. The van der Waals surface area contributed by atoms with E-state index in [2.05, 4.69) is 10.4 Å². The number of aromatic nitrogens is 2. The van der Waals surface area contributed by atoms with Crippen molar-refractivity contribution in [2.45, 2.75) is 6.54 Å². The molecule has 1 amide bonds. The van der Waals surface area contributed by atoms with Gasteiger partial charge in [-0.25, -0.2) is 9.07 Å². The molecular weight excluding hydrogens is 352 g/mol. The predicted molar refractivity (Wildman–Crippen MR) is 92.1 cm³/mol. The van der Waals surface area contributed by atoms with Crippen molar-refractivity contribution in [2.75, 3.05) is 5.32 Å². The first kappa shape index (κ1) is 16.5. The molecule has 0 aliphatic heterocycles. The first-order valence-electron chi connectivity index (χ1n) is 7.06. The Morgan fingerprint density at radius 1 is 1.12 bits per heavy atom. The molecule has 0 aliphatic carbocycles. The van der Waals surface area contributed by atoms with Gasteiger partial charge in [0, 0.05) is 27.2 Å². The molecule has 0 aliphatic rings. The number of benzene rings is 2. The number of hydrogen-bond acceptors (Lipinski definition) is 2. The van der Waals surface area contributed by atoms with E-state index in [0.717, 1.165) is 0 Å². The number of nitrogens with zero attached hydrogens (tertiary/aromatic N) is 2. The number of carbonyl (C=O) groups is 1. The van der Waals surface area contributed by atoms with Gasteiger partial charge < -0.3 is 5.32 Å². The second kappa shape index (κ2) is 7.03. The highest BCUT2D eigenvalue weighted by Gasteiger charge is 2.13. The van der Waals surface area contributed by atoms with Crippen LogP contribution in [0.5, 0.6) is 0 Å². The van der Waals surface area contributed by atoms with Crippen molar-refractivity contribution in [3.8, 4) is 0 Å². The van der Waals surface area contributed by atoms with Crippen LogP contribution >= 0.6 is 23.2 Å². The molecule has 1 heterocycles. The van der Waals surface area contributed by atoms with Gasteiger partial charge in [0.1, 0.15) is 11.6 Å². The highest BCUT2D eigenvalue weighted by atomic mass is 35.5. The number of anilines is 1. The summed E-state index contributed by atoms with van der Waals surface area (Å²) in [6.45, 7) is 0.296. The summed E-state index contributed by atoms with van der Waals surface area (Å²) >= 11 is 12.3. The SMILES string of the molecule is O=C(Nc1ccnn1Cc1c(Cl)cccc1Cl)c1cccc(F)c1. The Kier molecular flexibility index (Phi) is 4.83. The van der Waals surface area contributed by atoms with Crippen LogP contribution in [0.25, 0.3) is 0 Å². The van der Waals surface area contributed by atoms with Gasteiger partial charge in [-0.2, -0.15) is 5.10 Å². The summed E-state index contributed by atoms with van der Waals surface area (Å²) in [6.07, 6.45) is 1.55. The van der Waals surface area contributed by atoms with Crippen LogP contribution in [-0.2, 0) is 6.54 Å². The van der Waals surface area contributed by atoms with Crippen LogP contribution in [0, 0.1) is 5.82 Å². The molecule has 0 bridgehead atoms. The third kappa shape index (κ3) is 3.58. The van der Waals surface area contributed by atoms with Gasteiger partial charge >= 0.3 is 0 Å². The summed E-state index contributed by atoms with van der Waals surface area (Å²) in [4.78, 5) is 12.2. The molecular formula is C17H12Cl2FN3O. The normalized spacial score (nSPS) is 10.6. The molecule has 0 saturated heterocycles. The van der Waals surface area contributed by atoms with Crippen LogP contribution in [0.1, 0.15) is 15.9 Å². The minimum atomic E-state index is -0.473. The van der Waals surface area contributed by atoms with Gasteiger partial charge in [-0.1, -0.05) is 35.3 Å². The second-order valence-corrected chi connectivity index (χ2v) is 5.85. The Labute approximate surface area is 147 Å². The maximum absolute atomic E-state index is 13.2. The van der Waals surface area contributed by atoms with Crippen LogP contribution in [0.15, 0.2) is 54.7 Å². The molecule has 4 nitrogen and oxygen atoms in total. The van der Waals surface area contributed by atoms with Crippen molar-refractivity contribution >= 4 is 34.9 Å². The molecule has 3 rings (SSSR count). The average molecular weight is 364 g/mol. The highest BCUT2D eigenvalue weighted by molar-refractivity contribution is 6.36. The number of halogens is 3. The van der Waals surface area contributed by atoms with Crippen LogP contribution in [-0.4, -0.2) is 15.7 Å². The fourth-order valence-corrected chi connectivity index (χ4v) is 2.73. The van der Waals surface area contributed by atoms with Crippen molar-refractivity contribution < 1.29 is 9.18 Å². The lowest BCUT2D eigenvalue weighted by atomic mass is 10.2. The van der Waals surface area contributed by atoms with E-state index >= 15 is 0 Å². The van der Waals surface area contributed by atoms with Gasteiger partial charge in [0.25, 0.3) is 5.91 Å². The van der Waals surface area contributed by atoms with Crippen LogP contribution in [0.2, 0.25) is 10.0 Å². The lowest BCUT2D eigenvalue weighted by Crippen LogP contribution is -2.16. The fraction of sp³-hybridized carbons (Fsp3) is 0.0588. The van der Waals surface area contributed by atoms with Crippen molar-refractivity contribution in [2.24, 2.45) is 0 Å². The lowest BCUT2D eigenvalue weighted by molar-refractivity contribution is 0.102. The maximum Gasteiger partial charge on any atom is 0.256 e. The van der Waals surface area contributed by atoms with E-state index in [1.807, 2.05) is 0 Å². The third-order valence-electron chi connectivity index (χ3n) is 3.41. The first-order valence-corrected chi connectivity index (χ1v) is 7.82. The first-order chi connectivity index (χ1) is 11.5. The molecule has 0 radical (unpaired) electrons. The number of carbonyl (C=O) groups excluding carboxylic acids is 1. The minimum Gasteiger partial charge on any atom is -0.307 e. The topological polar surface area (TPSA) is 46.9 Å². The van der Waals surface area contributed by atoms with Crippen molar-refractivity contribution in [1.82, 2.24) is 9.78 Å². The van der Waals surface area contributed by atoms with Gasteiger partial charge in [-0.05, 0) is 30.3 Å². The highest BCUT2D eigenvalue weighted by Crippen LogP contribution is 2.26. The number of amides is 1. The van der Waals surface area contributed by atoms with Gasteiger partial charge in [-0.15, -0.1) is 0 Å². The fourth-order valence-electron chi connectivity index (χ4n) is 2.22. The van der Waals surface area contributed by atoms with E-state index in [9.17, 15) is 9.18 Å². The molecule has 122 valence electrons. The van der Waals surface area contributed by atoms with E-state index in [-0.39, 0.29) is 5.56 Å². The zero-order chi connectivity index (χ0) is 17.1. The van der Waals surface area contributed by atoms with E-state index in [1.165, 1.54) is 24.3 Å². The molecule has 0 spiro atoms. The molecule has 1 aromatic heterocycles. The Bertz CT molecular complexity index is 875. The Balaban J connectivity index is 1.82.